The molecule has 2 heterocycles. The normalized spacial score (nSPS) is 11.9. The minimum Gasteiger partial charge on any atom is -0.445 e. The molecule has 0 unspecified atom stereocenters. The summed E-state index contributed by atoms with van der Waals surface area (Å²) in [4.78, 5) is 33.2. The molecule has 5 nitrogen and oxygen atoms in total. The second-order valence-corrected chi connectivity index (χ2v) is 6.50. The Morgan fingerprint density at radius 1 is 0.964 bits per heavy atom. The third-order valence-electron chi connectivity index (χ3n) is 4.57. The maximum absolute atomic E-state index is 13.3. The zero-order chi connectivity index (χ0) is 19.5. The highest BCUT2D eigenvalue weighted by Gasteiger charge is 2.28. The fraction of sp³-hybridized carbons (Fsp3) is 0.0870. The highest BCUT2D eigenvalue weighted by molar-refractivity contribution is 6.11. The number of H-pyrrole nitrogens is 1. The first-order valence-corrected chi connectivity index (χ1v) is 8.92. The van der Waals surface area contributed by atoms with Crippen LogP contribution in [-0.4, -0.2) is 21.7 Å². The van der Waals surface area contributed by atoms with Crippen LogP contribution in [-0.2, 0) is 4.74 Å². The number of pyridine rings is 1. The lowest BCUT2D eigenvalue weighted by Gasteiger charge is -2.17. The molecule has 0 saturated heterocycles. The van der Waals surface area contributed by atoms with Crippen LogP contribution in [0.2, 0.25) is 0 Å². The average Bonchev–Trinajstić information content (AvgIpc) is 3.17. The number of esters is 1. The van der Waals surface area contributed by atoms with E-state index in [9.17, 15) is 9.59 Å². The number of aryl methyl sites for hydroxylation is 1. The van der Waals surface area contributed by atoms with Gasteiger partial charge in [-0.3, -0.25) is 9.78 Å². The fourth-order valence-electron chi connectivity index (χ4n) is 3.08. The number of carbonyl (C=O) groups excluding carboxylic acids is 2. The van der Waals surface area contributed by atoms with Crippen molar-refractivity contribution in [2.24, 2.45) is 0 Å². The van der Waals surface area contributed by atoms with E-state index in [1.807, 2.05) is 49.4 Å². The fourth-order valence-corrected chi connectivity index (χ4v) is 3.08. The Labute approximate surface area is 162 Å². The van der Waals surface area contributed by atoms with Gasteiger partial charge in [-0.1, -0.05) is 48.5 Å². The van der Waals surface area contributed by atoms with Gasteiger partial charge in [0, 0.05) is 40.1 Å². The van der Waals surface area contributed by atoms with E-state index >= 15 is 0 Å². The maximum Gasteiger partial charge on any atom is 0.340 e. The van der Waals surface area contributed by atoms with Gasteiger partial charge in [-0.2, -0.15) is 0 Å². The standard InChI is InChI=1S/C23H18N2O3/c1-15-11-12-17(13-24-15)23(27)28-22(16-7-3-2-4-8-16)21(26)19-14-25-20-10-6-5-9-18(19)20/h2-14,22,25H,1H3/t22-/m0/s1. The number of carbonyl (C=O) groups is 2. The van der Waals surface area contributed by atoms with Crippen LogP contribution in [0.4, 0.5) is 0 Å². The van der Waals surface area contributed by atoms with E-state index in [2.05, 4.69) is 9.97 Å². The lowest BCUT2D eigenvalue weighted by atomic mass is 9.99. The Bertz CT molecular complexity index is 1130. The third kappa shape index (κ3) is 3.42. The van der Waals surface area contributed by atoms with Crippen molar-refractivity contribution in [3.8, 4) is 0 Å². The number of benzene rings is 2. The molecule has 2 aromatic carbocycles. The van der Waals surface area contributed by atoms with Gasteiger partial charge < -0.3 is 9.72 Å². The summed E-state index contributed by atoms with van der Waals surface area (Å²) < 4.78 is 5.65. The van der Waals surface area contributed by atoms with Gasteiger partial charge in [-0.25, -0.2) is 4.79 Å². The van der Waals surface area contributed by atoms with E-state index in [1.54, 1.807) is 30.5 Å². The zero-order valence-electron chi connectivity index (χ0n) is 15.3. The highest BCUT2D eigenvalue weighted by Crippen LogP contribution is 2.28. The van der Waals surface area contributed by atoms with Gasteiger partial charge in [0.25, 0.3) is 0 Å². The molecule has 138 valence electrons. The zero-order valence-corrected chi connectivity index (χ0v) is 15.3. The molecule has 0 bridgehead atoms. The first-order valence-electron chi connectivity index (χ1n) is 8.92. The van der Waals surface area contributed by atoms with Crippen molar-refractivity contribution >= 4 is 22.7 Å². The molecule has 4 aromatic rings. The summed E-state index contributed by atoms with van der Waals surface area (Å²) in [5, 5.41) is 0.793. The molecule has 1 N–H and O–H groups in total. The average molecular weight is 370 g/mol. The number of nitrogens with one attached hydrogen (secondary N) is 1. The van der Waals surface area contributed by atoms with Crippen molar-refractivity contribution in [1.29, 1.82) is 0 Å². The van der Waals surface area contributed by atoms with E-state index in [4.69, 9.17) is 4.74 Å². The van der Waals surface area contributed by atoms with Gasteiger partial charge in [-0.15, -0.1) is 0 Å². The molecule has 0 spiro atoms. The molecule has 1 atom stereocenters. The molecule has 28 heavy (non-hydrogen) atoms. The Kier molecular flexibility index (Phi) is 4.72. The quantitative estimate of drug-likeness (QED) is 0.410. The SMILES string of the molecule is Cc1ccc(C(=O)O[C@H](C(=O)c2c[nH]c3ccccc23)c2ccccc2)cn1. The molecule has 0 aliphatic heterocycles. The second kappa shape index (κ2) is 7.48. The smallest absolute Gasteiger partial charge is 0.340 e. The van der Waals surface area contributed by atoms with Crippen molar-refractivity contribution in [1.82, 2.24) is 9.97 Å². The minimum absolute atomic E-state index is 0.280. The van der Waals surface area contributed by atoms with Gasteiger partial charge in [0.1, 0.15) is 0 Å². The lowest BCUT2D eigenvalue weighted by molar-refractivity contribution is 0.0280. The Hall–Kier alpha value is -3.73. The molecule has 0 amide bonds. The largest absolute Gasteiger partial charge is 0.445 e. The van der Waals surface area contributed by atoms with Crippen LogP contribution in [0.1, 0.15) is 38.1 Å². The molecule has 0 saturated carbocycles. The molecule has 0 aliphatic carbocycles. The van der Waals surface area contributed by atoms with E-state index in [0.717, 1.165) is 16.6 Å². The van der Waals surface area contributed by atoms with Gasteiger partial charge in [-0.05, 0) is 25.1 Å². The number of aromatic nitrogens is 2. The summed E-state index contributed by atoms with van der Waals surface area (Å²) in [6, 6.07) is 19.9. The molecular formula is C23H18N2O3. The molecule has 5 heteroatoms. The van der Waals surface area contributed by atoms with Crippen LogP contribution >= 0.6 is 0 Å². The Morgan fingerprint density at radius 2 is 1.71 bits per heavy atom. The first-order chi connectivity index (χ1) is 13.6. The predicted octanol–water partition coefficient (Wildman–Crippen LogP) is 4.65. The van der Waals surface area contributed by atoms with Crippen molar-refractivity contribution < 1.29 is 14.3 Å². The van der Waals surface area contributed by atoms with Crippen molar-refractivity contribution in [2.75, 3.05) is 0 Å². The lowest BCUT2D eigenvalue weighted by Crippen LogP contribution is -2.20. The van der Waals surface area contributed by atoms with Crippen molar-refractivity contribution in [3.63, 3.8) is 0 Å². The number of para-hydroxylation sites is 1. The minimum atomic E-state index is -1.05. The maximum atomic E-state index is 13.3. The first kappa shape index (κ1) is 17.7. The number of fused-ring (bicyclic) bond motifs is 1. The molecule has 2 aromatic heterocycles. The number of ketones is 1. The number of ether oxygens (including phenoxy) is 1. The summed E-state index contributed by atoms with van der Waals surface area (Å²) in [6.07, 6.45) is 2.06. The summed E-state index contributed by atoms with van der Waals surface area (Å²) in [7, 11) is 0. The molecule has 0 radical (unpaired) electrons. The van der Waals surface area contributed by atoms with Crippen molar-refractivity contribution in [3.05, 3.63) is 102 Å². The number of nitrogens with zero attached hydrogens (tertiary/aromatic N) is 1. The van der Waals surface area contributed by atoms with Crippen LogP contribution in [0.3, 0.4) is 0 Å². The van der Waals surface area contributed by atoms with Crippen LogP contribution in [0.5, 0.6) is 0 Å². The summed E-state index contributed by atoms with van der Waals surface area (Å²) in [5.74, 6) is -0.869. The second-order valence-electron chi connectivity index (χ2n) is 6.50. The number of hydrogen-bond donors (Lipinski definition) is 1. The van der Waals surface area contributed by atoms with E-state index in [1.165, 1.54) is 6.20 Å². The Morgan fingerprint density at radius 3 is 2.46 bits per heavy atom. The Balaban J connectivity index is 1.70. The summed E-state index contributed by atoms with van der Waals surface area (Å²) >= 11 is 0. The molecule has 4 rings (SSSR count). The van der Waals surface area contributed by atoms with E-state index in [0.29, 0.717) is 16.7 Å². The van der Waals surface area contributed by atoms with E-state index in [-0.39, 0.29) is 5.78 Å². The summed E-state index contributed by atoms with van der Waals surface area (Å²) in [5.41, 5.74) is 3.06. The van der Waals surface area contributed by atoms with E-state index < -0.39 is 12.1 Å². The number of Topliss-reactive ketones (excluding diaryl/α,β-unsaturated/α-hetero) is 1. The van der Waals surface area contributed by atoms with Gasteiger partial charge in [0.2, 0.25) is 5.78 Å². The number of aromatic amines is 1. The predicted molar refractivity (Wildman–Crippen MR) is 106 cm³/mol. The number of rotatable bonds is 5. The summed E-state index contributed by atoms with van der Waals surface area (Å²) in [6.45, 7) is 1.84. The number of hydrogen-bond acceptors (Lipinski definition) is 4. The monoisotopic (exact) mass is 370 g/mol. The van der Waals surface area contributed by atoms with Crippen LogP contribution in [0.25, 0.3) is 10.9 Å². The van der Waals surface area contributed by atoms with Crippen LogP contribution in [0.15, 0.2) is 79.1 Å². The van der Waals surface area contributed by atoms with Gasteiger partial charge in [0.05, 0.1) is 5.56 Å². The van der Waals surface area contributed by atoms with Gasteiger partial charge in [0.15, 0.2) is 6.10 Å². The molecule has 0 fully saturated rings. The molecule has 0 aliphatic rings. The topological polar surface area (TPSA) is 72.1 Å². The van der Waals surface area contributed by atoms with Crippen LogP contribution in [0, 0.1) is 6.92 Å². The van der Waals surface area contributed by atoms with Crippen LogP contribution < -0.4 is 0 Å². The molecular weight excluding hydrogens is 352 g/mol. The third-order valence-corrected chi connectivity index (χ3v) is 4.57. The van der Waals surface area contributed by atoms with Crippen molar-refractivity contribution in [2.45, 2.75) is 13.0 Å². The van der Waals surface area contributed by atoms with Gasteiger partial charge >= 0.3 is 5.97 Å². The highest BCUT2D eigenvalue weighted by atomic mass is 16.5.